The Balaban J connectivity index is 1.76. The smallest absolute Gasteiger partial charge is 0.220 e. The number of likely N-dealkylation sites (tertiary alicyclic amines) is 1. The van der Waals surface area contributed by atoms with Crippen molar-refractivity contribution < 1.29 is 4.79 Å². The zero-order valence-corrected chi connectivity index (χ0v) is 12.9. The van der Waals surface area contributed by atoms with Crippen molar-refractivity contribution in [3.8, 4) is 0 Å². The van der Waals surface area contributed by atoms with Crippen molar-refractivity contribution in [3.63, 3.8) is 0 Å². The van der Waals surface area contributed by atoms with E-state index in [0.717, 1.165) is 32.4 Å². The maximum Gasteiger partial charge on any atom is 0.220 e. The SMILES string of the molecule is CC(c1ccccc1)N1CCC(NC(=O)CCCN)CC1. The molecule has 1 atom stereocenters. The predicted octanol–water partition coefficient (Wildman–Crippen LogP) is 2.07. The highest BCUT2D eigenvalue weighted by Crippen LogP contribution is 2.23. The van der Waals surface area contributed by atoms with E-state index in [9.17, 15) is 4.79 Å². The Hall–Kier alpha value is -1.39. The summed E-state index contributed by atoms with van der Waals surface area (Å²) in [5.41, 5.74) is 6.79. The fourth-order valence-corrected chi connectivity index (χ4v) is 2.94. The van der Waals surface area contributed by atoms with Crippen molar-refractivity contribution in [2.45, 2.75) is 44.7 Å². The topological polar surface area (TPSA) is 58.4 Å². The summed E-state index contributed by atoms with van der Waals surface area (Å²) in [4.78, 5) is 14.2. The average Bonchev–Trinajstić information content (AvgIpc) is 2.54. The number of amides is 1. The van der Waals surface area contributed by atoms with Crippen LogP contribution in [0.4, 0.5) is 0 Å². The van der Waals surface area contributed by atoms with Crippen LogP contribution >= 0.6 is 0 Å². The van der Waals surface area contributed by atoms with E-state index in [0.29, 0.717) is 25.0 Å². The van der Waals surface area contributed by atoms with E-state index in [-0.39, 0.29) is 5.91 Å². The van der Waals surface area contributed by atoms with Crippen molar-refractivity contribution in [2.24, 2.45) is 5.73 Å². The Morgan fingerprint density at radius 3 is 2.62 bits per heavy atom. The molecule has 116 valence electrons. The number of piperidine rings is 1. The predicted molar refractivity (Wildman–Crippen MR) is 85.9 cm³/mol. The van der Waals surface area contributed by atoms with Gasteiger partial charge >= 0.3 is 0 Å². The van der Waals surface area contributed by atoms with Gasteiger partial charge in [0.25, 0.3) is 0 Å². The van der Waals surface area contributed by atoms with Gasteiger partial charge in [0, 0.05) is 31.6 Å². The lowest BCUT2D eigenvalue weighted by molar-refractivity contribution is -0.122. The average molecular weight is 289 g/mol. The number of hydrogen-bond acceptors (Lipinski definition) is 3. The summed E-state index contributed by atoms with van der Waals surface area (Å²) >= 11 is 0. The normalized spacial score (nSPS) is 18.4. The minimum absolute atomic E-state index is 0.148. The summed E-state index contributed by atoms with van der Waals surface area (Å²) in [5, 5.41) is 3.13. The molecule has 1 fully saturated rings. The maximum absolute atomic E-state index is 11.7. The molecule has 1 amide bonds. The van der Waals surface area contributed by atoms with Crippen LogP contribution in [0.2, 0.25) is 0 Å². The Morgan fingerprint density at radius 2 is 2.00 bits per heavy atom. The van der Waals surface area contributed by atoms with Gasteiger partial charge in [-0.2, -0.15) is 0 Å². The summed E-state index contributed by atoms with van der Waals surface area (Å²) in [7, 11) is 0. The number of carbonyl (C=O) groups is 1. The van der Waals surface area contributed by atoms with Crippen molar-refractivity contribution in [1.82, 2.24) is 10.2 Å². The van der Waals surface area contributed by atoms with Gasteiger partial charge < -0.3 is 11.1 Å². The first kappa shape index (κ1) is 16.0. The first-order valence-corrected chi connectivity index (χ1v) is 7.99. The van der Waals surface area contributed by atoms with Crippen molar-refractivity contribution >= 4 is 5.91 Å². The lowest BCUT2D eigenvalue weighted by Gasteiger charge is -2.36. The Kier molecular flexibility index (Phi) is 6.21. The molecule has 1 unspecified atom stereocenters. The van der Waals surface area contributed by atoms with Gasteiger partial charge in [-0.15, -0.1) is 0 Å². The van der Waals surface area contributed by atoms with Crippen molar-refractivity contribution in [3.05, 3.63) is 35.9 Å². The van der Waals surface area contributed by atoms with Crippen LogP contribution in [0, 0.1) is 0 Å². The number of nitrogens with zero attached hydrogens (tertiary/aromatic N) is 1. The summed E-state index contributed by atoms with van der Waals surface area (Å²) in [5.74, 6) is 0.148. The van der Waals surface area contributed by atoms with Crippen LogP contribution in [0.1, 0.15) is 44.2 Å². The third-order valence-electron chi connectivity index (χ3n) is 4.33. The van der Waals surface area contributed by atoms with E-state index in [2.05, 4.69) is 47.5 Å². The second kappa shape index (κ2) is 8.15. The van der Waals surface area contributed by atoms with Crippen LogP contribution < -0.4 is 11.1 Å². The maximum atomic E-state index is 11.7. The summed E-state index contributed by atoms with van der Waals surface area (Å²) in [6.45, 7) is 4.92. The first-order valence-electron chi connectivity index (χ1n) is 7.99. The van der Waals surface area contributed by atoms with Crippen LogP contribution in [-0.2, 0) is 4.79 Å². The molecule has 0 radical (unpaired) electrons. The Bertz CT molecular complexity index is 427. The third-order valence-corrected chi connectivity index (χ3v) is 4.33. The van der Waals surface area contributed by atoms with Crippen LogP contribution in [0.5, 0.6) is 0 Å². The van der Waals surface area contributed by atoms with E-state index in [4.69, 9.17) is 5.73 Å². The summed E-state index contributed by atoms with van der Waals surface area (Å²) < 4.78 is 0. The molecular formula is C17H27N3O. The molecule has 4 nitrogen and oxygen atoms in total. The van der Waals surface area contributed by atoms with E-state index >= 15 is 0 Å². The molecule has 1 heterocycles. The number of rotatable bonds is 6. The van der Waals surface area contributed by atoms with Crippen molar-refractivity contribution in [1.29, 1.82) is 0 Å². The van der Waals surface area contributed by atoms with E-state index in [1.807, 2.05) is 0 Å². The molecule has 0 bridgehead atoms. The van der Waals surface area contributed by atoms with Crippen LogP contribution in [0.15, 0.2) is 30.3 Å². The number of carbonyl (C=O) groups excluding carboxylic acids is 1. The highest BCUT2D eigenvalue weighted by molar-refractivity contribution is 5.76. The molecular weight excluding hydrogens is 262 g/mol. The van der Waals surface area contributed by atoms with Crippen molar-refractivity contribution in [2.75, 3.05) is 19.6 Å². The number of nitrogens with two attached hydrogens (primary N) is 1. The molecule has 3 N–H and O–H groups in total. The van der Waals surface area contributed by atoms with Gasteiger partial charge in [0.2, 0.25) is 5.91 Å². The lowest BCUT2D eigenvalue weighted by atomic mass is 10.00. The highest BCUT2D eigenvalue weighted by Gasteiger charge is 2.24. The van der Waals surface area contributed by atoms with Gasteiger partial charge in [-0.3, -0.25) is 9.69 Å². The Morgan fingerprint density at radius 1 is 1.33 bits per heavy atom. The molecule has 1 aliphatic rings. The van der Waals surface area contributed by atoms with Gasteiger partial charge in [-0.25, -0.2) is 0 Å². The molecule has 21 heavy (non-hydrogen) atoms. The van der Waals surface area contributed by atoms with E-state index in [1.165, 1.54) is 5.56 Å². The summed E-state index contributed by atoms with van der Waals surface area (Å²) in [6.07, 6.45) is 3.39. The largest absolute Gasteiger partial charge is 0.353 e. The van der Waals surface area contributed by atoms with E-state index < -0.39 is 0 Å². The number of nitrogens with one attached hydrogen (secondary N) is 1. The number of benzene rings is 1. The van der Waals surface area contributed by atoms with Gasteiger partial charge in [0.1, 0.15) is 0 Å². The zero-order chi connectivity index (χ0) is 15.1. The van der Waals surface area contributed by atoms with E-state index in [1.54, 1.807) is 0 Å². The summed E-state index contributed by atoms with van der Waals surface area (Å²) in [6, 6.07) is 11.4. The lowest BCUT2D eigenvalue weighted by Crippen LogP contribution is -2.45. The van der Waals surface area contributed by atoms with Gasteiger partial charge in [0.15, 0.2) is 0 Å². The fourth-order valence-electron chi connectivity index (χ4n) is 2.94. The fraction of sp³-hybridized carbons (Fsp3) is 0.588. The molecule has 0 aliphatic carbocycles. The molecule has 2 rings (SSSR count). The molecule has 0 saturated carbocycles. The van der Waals surface area contributed by atoms with Crippen LogP contribution in [0.25, 0.3) is 0 Å². The van der Waals surface area contributed by atoms with Gasteiger partial charge in [-0.05, 0) is 38.3 Å². The quantitative estimate of drug-likeness (QED) is 0.843. The second-order valence-corrected chi connectivity index (χ2v) is 5.86. The molecule has 4 heteroatoms. The molecule has 0 aromatic heterocycles. The molecule has 1 saturated heterocycles. The third kappa shape index (κ3) is 4.83. The number of hydrogen-bond donors (Lipinski definition) is 2. The first-order chi connectivity index (χ1) is 10.2. The monoisotopic (exact) mass is 289 g/mol. The highest BCUT2D eigenvalue weighted by atomic mass is 16.1. The second-order valence-electron chi connectivity index (χ2n) is 5.86. The molecule has 1 aromatic rings. The molecule has 1 aliphatic heterocycles. The van der Waals surface area contributed by atoms with Crippen LogP contribution in [-0.4, -0.2) is 36.5 Å². The van der Waals surface area contributed by atoms with Crippen LogP contribution in [0.3, 0.4) is 0 Å². The Labute approximate surface area is 127 Å². The van der Waals surface area contributed by atoms with Gasteiger partial charge in [0.05, 0.1) is 0 Å². The minimum atomic E-state index is 0.148. The zero-order valence-electron chi connectivity index (χ0n) is 12.9. The minimum Gasteiger partial charge on any atom is -0.353 e. The van der Waals surface area contributed by atoms with Gasteiger partial charge in [-0.1, -0.05) is 30.3 Å². The molecule has 0 spiro atoms. The standard InChI is InChI=1S/C17H27N3O/c1-14(15-6-3-2-4-7-15)20-12-9-16(10-13-20)19-17(21)8-5-11-18/h2-4,6-7,14,16H,5,8-13,18H2,1H3,(H,19,21). The molecule has 1 aromatic carbocycles.